The van der Waals surface area contributed by atoms with Gasteiger partial charge in [0.05, 0.1) is 30.5 Å². The lowest BCUT2D eigenvalue weighted by atomic mass is 10.4. The number of alkyl halides is 3. The Balaban J connectivity index is 1.84. The van der Waals surface area contributed by atoms with Gasteiger partial charge >= 0.3 is 6.18 Å². The van der Waals surface area contributed by atoms with Crippen molar-refractivity contribution in [2.24, 2.45) is 0 Å². The first kappa shape index (κ1) is 13.2. The third-order valence-electron chi connectivity index (χ3n) is 2.16. The fourth-order valence-corrected chi connectivity index (χ4v) is 1.30. The largest absolute Gasteiger partial charge is 0.468 e. The highest BCUT2D eigenvalue weighted by Crippen LogP contribution is 2.18. The molecule has 2 N–H and O–H groups in total. The predicted octanol–water partition coefficient (Wildman–Crippen LogP) is 2.36. The summed E-state index contributed by atoms with van der Waals surface area (Å²) >= 11 is 0. The zero-order chi connectivity index (χ0) is 13.7. The average Bonchev–Trinajstić information content (AvgIpc) is 2.87. The molecule has 2 heterocycles. The first-order valence-electron chi connectivity index (χ1n) is 5.40. The number of pyridine rings is 1. The van der Waals surface area contributed by atoms with Gasteiger partial charge in [0.25, 0.3) is 0 Å². The molecule has 0 aliphatic rings. The number of anilines is 1. The molecule has 19 heavy (non-hydrogen) atoms. The number of imidazole rings is 1. The van der Waals surface area contributed by atoms with Gasteiger partial charge in [-0.25, -0.2) is 9.97 Å². The van der Waals surface area contributed by atoms with Gasteiger partial charge < -0.3 is 15.0 Å². The minimum atomic E-state index is -4.36. The van der Waals surface area contributed by atoms with Crippen molar-refractivity contribution >= 4 is 5.69 Å². The molecule has 0 aliphatic carbocycles. The first-order valence-corrected chi connectivity index (χ1v) is 5.40. The number of aromatic nitrogens is 3. The van der Waals surface area contributed by atoms with E-state index in [1.54, 1.807) is 18.6 Å². The molecule has 0 aliphatic heterocycles. The van der Waals surface area contributed by atoms with Crippen molar-refractivity contribution in [1.29, 1.82) is 0 Å². The molecule has 0 atom stereocenters. The summed E-state index contributed by atoms with van der Waals surface area (Å²) in [7, 11) is 0. The van der Waals surface area contributed by atoms with Gasteiger partial charge in [-0.1, -0.05) is 0 Å². The zero-order valence-corrected chi connectivity index (χ0v) is 9.74. The minimum absolute atomic E-state index is 0.0654. The molecule has 0 saturated heterocycles. The number of rotatable bonds is 5. The predicted molar refractivity (Wildman–Crippen MR) is 61.7 cm³/mol. The quantitative estimate of drug-likeness (QED) is 0.877. The molecule has 5 nitrogen and oxygen atoms in total. The summed E-state index contributed by atoms with van der Waals surface area (Å²) in [5.74, 6) is -0.0654. The number of hydrogen-bond donors (Lipinski definition) is 2. The Hall–Kier alpha value is -2.25. The van der Waals surface area contributed by atoms with E-state index in [0.717, 1.165) is 5.69 Å². The summed E-state index contributed by atoms with van der Waals surface area (Å²) in [6.07, 6.45) is 0.270. The van der Waals surface area contributed by atoms with Gasteiger partial charge in [0, 0.05) is 12.3 Å². The third-order valence-corrected chi connectivity index (χ3v) is 2.16. The molecule has 102 valence electrons. The Morgan fingerprint density at radius 1 is 1.26 bits per heavy atom. The van der Waals surface area contributed by atoms with Crippen LogP contribution in [0.15, 0.2) is 30.9 Å². The van der Waals surface area contributed by atoms with Gasteiger partial charge in [-0.2, -0.15) is 13.2 Å². The van der Waals surface area contributed by atoms with Crippen molar-refractivity contribution in [3.05, 3.63) is 36.5 Å². The second-order valence-electron chi connectivity index (χ2n) is 3.72. The van der Waals surface area contributed by atoms with Gasteiger partial charge in [-0.05, 0) is 6.07 Å². The summed E-state index contributed by atoms with van der Waals surface area (Å²) < 4.78 is 40.3. The van der Waals surface area contributed by atoms with E-state index in [4.69, 9.17) is 0 Å². The SMILES string of the molecule is FC(F)(F)COc1ccc(NCc2cnc[nH]2)cn1. The molecule has 0 fully saturated rings. The molecule has 0 saturated carbocycles. The van der Waals surface area contributed by atoms with Crippen LogP contribution in [0, 0.1) is 0 Å². The Bertz CT molecular complexity index is 496. The summed E-state index contributed by atoms with van der Waals surface area (Å²) in [6, 6.07) is 2.97. The van der Waals surface area contributed by atoms with Crippen LogP contribution in [0.25, 0.3) is 0 Å². The zero-order valence-electron chi connectivity index (χ0n) is 9.74. The van der Waals surface area contributed by atoms with Gasteiger partial charge in [0.15, 0.2) is 6.61 Å². The van der Waals surface area contributed by atoms with Crippen LogP contribution in [0.3, 0.4) is 0 Å². The Morgan fingerprint density at radius 2 is 2.11 bits per heavy atom. The van der Waals surface area contributed by atoms with Crippen molar-refractivity contribution in [1.82, 2.24) is 15.0 Å². The molecule has 2 aromatic heterocycles. The summed E-state index contributed by atoms with van der Waals surface area (Å²) in [5.41, 5.74) is 1.56. The average molecular weight is 272 g/mol. The second kappa shape index (κ2) is 5.59. The molecule has 2 rings (SSSR count). The topological polar surface area (TPSA) is 62.8 Å². The molecule has 0 radical (unpaired) electrons. The van der Waals surface area contributed by atoms with E-state index in [2.05, 4.69) is 25.0 Å². The number of H-pyrrole nitrogens is 1. The van der Waals surface area contributed by atoms with Crippen LogP contribution in [0.2, 0.25) is 0 Å². The smallest absolute Gasteiger partial charge is 0.422 e. The van der Waals surface area contributed by atoms with Crippen LogP contribution in [-0.4, -0.2) is 27.7 Å². The van der Waals surface area contributed by atoms with E-state index < -0.39 is 12.8 Å². The maximum atomic E-state index is 11.9. The molecule has 0 aromatic carbocycles. The van der Waals surface area contributed by atoms with Crippen LogP contribution < -0.4 is 10.1 Å². The molecule has 0 unspecified atom stereocenters. The molecule has 0 bridgehead atoms. The van der Waals surface area contributed by atoms with Crippen molar-refractivity contribution in [3.8, 4) is 5.88 Å². The first-order chi connectivity index (χ1) is 9.03. The van der Waals surface area contributed by atoms with Crippen molar-refractivity contribution in [3.63, 3.8) is 0 Å². The molecular formula is C11H11F3N4O. The van der Waals surface area contributed by atoms with Crippen molar-refractivity contribution in [2.45, 2.75) is 12.7 Å². The standard InChI is InChI=1S/C11H11F3N4O/c12-11(13,14)6-19-10-2-1-8(4-17-10)16-5-9-3-15-7-18-9/h1-4,7,16H,5-6H2,(H,15,18). The van der Waals surface area contributed by atoms with E-state index >= 15 is 0 Å². The van der Waals surface area contributed by atoms with Crippen LogP contribution in [0.1, 0.15) is 5.69 Å². The monoisotopic (exact) mass is 272 g/mol. The summed E-state index contributed by atoms with van der Waals surface area (Å²) in [4.78, 5) is 10.5. The Morgan fingerprint density at radius 3 is 2.68 bits per heavy atom. The summed E-state index contributed by atoms with van der Waals surface area (Å²) in [5, 5.41) is 3.04. The van der Waals surface area contributed by atoms with E-state index in [0.29, 0.717) is 12.2 Å². The van der Waals surface area contributed by atoms with Crippen molar-refractivity contribution in [2.75, 3.05) is 11.9 Å². The van der Waals surface area contributed by atoms with E-state index in [9.17, 15) is 13.2 Å². The Kier molecular flexibility index (Phi) is 3.88. The Labute approximate surface area is 106 Å². The van der Waals surface area contributed by atoms with E-state index in [1.807, 2.05) is 0 Å². The minimum Gasteiger partial charge on any atom is -0.468 e. The van der Waals surface area contributed by atoms with E-state index in [1.165, 1.54) is 12.3 Å². The number of halogens is 3. The highest BCUT2D eigenvalue weighted by Gasteiger charge is 2.28. The lowest BCUT2D eigenvalue weighted by Gasteiger charge is -2.09. The van der Waals surface area contributed by atoms with Gasteiger partial charge in [-0.3, -0.25) is 0 Å². The van der Waals surface area contributed by atoms with Gasteiger partial charge in [0.1, 0.15) is 0 Å². The van der Waals surface area contributed by atoms with Crippen LogP contribution in [-0.2, 0) is 6.54 Å². The molecule has 8 heteroatoms. The van der Waals surface area contributed by atoms with Gasteiger partial charge in [-0.15, -0.1) is 0 Å². The fourth-order valence-electron chi connectivity index (χ4n) is 1.30. The van der Waals surface area contributed by atoms with Gasteiger partial charge in [0.2, 0.25) is 5.88 Å². The maximum absolute atomic E-state index is 11.9. The molecule has 0 amide bonds. The number of aromatic amines is 1. The van der Waals surface area contributed by atoms with E-state index in [-0.39, 0.29) is 5.88 Å². The number of nitrogens with one attached hydrogen (secondary N) is 2. The lowest BCUT2D eigenvalue weighted by molar-refractivity contribution is -0.154. The third kappa shape index (κ3) is 4.49. The molecule has 0 spiro atoms. The molecule has 2 aromatic rings. The highest BCUT2D eigenvalue weighted by atomic mass is 19.4. The molecular weight excluding hydrogens is 261 g/mol. The highest BCUT2D eigenvalue weighted by molar-refractivity contribution is 5.42. The second-order valence-corrected chi connectivity index (χ2v) is 3.72. The summed E-state index contributed by atoms with van der Waals surface area (Å²) in [6.45, 7) is -0.828. The van der Waals surface area contributed by atoms with Crippen LogP contribution in [0.5, 0.6) is 5.88 Å². The maximum Gasteiger partial charge on any atom is 0.422 e. The van der Waals surface area contributed by atoms with Crippen LogP contribution >= 0.6 is 0 Å². The number of ether oxygens (including phenoxy) is 1. The number of hydrogen-bond acceptors (Lipinski definition) is 4. The fraction of sp³-hybridized carbons (Fsp3) is 0.273. The normalized spacial score (nSPS) is 11.3. The number of nitrogens with zero attached hydrogens (tertiary/aromatic N) is 2. The lowest BCUT2D eigenvalue weighted by Crippen LogP contribution is -2.19. The van der Waals surface area contributed by atoms with Crippen LogP contribution in [0.4, 0.5) is 18.9 Å². The van der Waals surface area contributed by atoms with Crippen molar-refractivity contribution < 1.29 is 17.9 Å².